The van der Waals surface area contributed by atoms with E-state index in [1.165, 1.54) is 4.90 Å². The van der Waals surface area contributed by atoms with Gasteiger partial charge in [-0.05, 0) is 18.2 Å². The topological polar surface area (TPSA) is 58.6 Å². The molecular weight excluding hydrogens is 268 g/mol. The van der Waals surface area contributed by atoms with Gasteiger partial charge in [-0.2, -0.15) is 0 Å². The second-order valence-electron chi connectivity index (χ2n) is 3.97. The van der Waals surface area contributed by atoms with Crippen LogP contribution >= 0.6 is 11.6 Å². The summed E-state index contributed by atoms with van der Waals surface area (Å²) < 4.78 is 5.29. The van der Waals surface area contributed by atoms with E-state index in [0.717, 1.165) is 0 Å². The molecule has 0 spiro atoms. The van der Waals surface area contributed by atoms with Gasteiger partial charge in [-0.25, -0.2) is 0 Å². The SMILES string of the molecule is C=CCNC(=O)CN1C(=O)COc2ccc(Cl)cc21. The van der Waals surface area contributed by atoms with E-state index in [-0.39, 0.29) is 25.0 Å². The van der Waals surface area contributed by atoms with Crippen molar-refractivity contribution in [1.29, 1.82) is 0 Å². The fourth-order valence-electron chi connectivity index (χ4n) is 1.73. The predicted octanol–water partition coefficient (Wildman–Crippen LogP) is 1.37. The molecule has 0 radical (unpaired) electrons. The zero-order chi connectivity index (χ0) is 13.8. The van der Waals surface area contributed by atoms with Crippen LogP contribution in [0.4, 0.5) is 5.69 Å². The Hall–Kier alpha value is -2.01. The van der Waals surface area contributed by atoms with Crippen LogP contribution in [0.3, 0.4) is 0 Å². The Labute approximate surface area is 115 Å². The van der Waals surface area contributed by atoms with Crippen LogP contribution in [0.25, 0.3) is 0 Å². The second-order valence-corrected chi connectivity index (χ2v) is 4.41. The maximum atomic E-state index is 11.8. The summed E-state index contributed by atoms with van der Waals surface area (Å²) in [6.07, 6.45) is 1.57. The molecule has 0 saturated heterocycles. The smallest absolute Gasteiger partial charge is 0.265 e. The molecule has 1 N–H and O–H groups in total. The van der Waals surface area contributed by atoms with E-state index < -0.39 is 0 Å². The Kier molecular flexibility index (Phi) is 4.06. The third kappa shape index (κ3) is 3.06. The molecule has 0 fully saturated rings. The zero-order valence-corrected chi connectivity index (χ0v) is 10.9. The number of benzene rings is 1. The third-order valence-electron chi connectivity index (χ3n) is 2.61. The van der Waals surface area contributed by atoms with Crippen molar-refractivity contribution in [3.8, 4) is 5.75 Å². The molecule has 1 aliphatic heterocycles. The van der Waals surface area contributed by atoms with Gasteiger partial charge < -0.3 is 10.1 Å². The molecule has 100 valence electrons. The van der Waals surface area contributed by atoms with Gasteiger partial charge in [0.15, 0.2) is 6.61 Å². The first kappa shape index (κ1) is 13.4. The van der Waals surface area contributed by atoms with E-state index >= 15 is 0 Å². The normalized spacial score (nSPS) is 13.5. The average Bonchev–Trinajstić information content (AvgIpc) is 2.40. The number of fused-ring (bicyclic) bond motifs is 1. The number of hydrogen-bond acceptors (Lipinski definition) is 3. The van der Waals surface area contributed by atoms with Crippen molar-refractivity contribution in [2.45, 2.75) is 0 Å². The van der Waals surface area contributed by atoms with Crippen molar-refractivity contribution in [3.63, 3.8) is 0 Å². The molecule has 0 aliphatic carbocycles. The number of anilines is 1. The minimum atomic E-state index is -0.275. The maximum absolute atomic E-state index is 11.8. The number of ether oxygens (including phenoxy) is 1. The molecule has 1 aliphatic rings. The Bertz CT molecular complexity index is 531. The fourth-order valence-corrected chi connectivity index (χ4v) is 1.90. The Morgan fingerprint density at radius 1 is 1.58 bits per heavy atom. The first-order valence-corrected chi connectivity index (χ1v) is 6.10. The molecule has 1 aromatic carbocycles. The predicted molar refractivity (Wildman–Crippen MR) is 72.5 cm³/mol. The number of nitrogens with one attached hydrogen (secondary N) is 1. The van der Waals surface area contributed by atoms with Gasteiger partial charge in [0.2, 0.25) is 5.91 Å². The highest BCUT2D eigenvalue weighted by atomic mass is 35.5. The van der Waals surface area contributed by atoms with Gasteiger partial charge in [0.25, 0.3) is 5.91 Å². The first-order valence-electron chi connectivity index (χ1n) is 5.72. The Morgan fingerprint density at radius 2 is 2.37 bits per heavy atom. The lowest BCUT2D eigenvalue weighted by Crippen LogP contribution is -2.45. The van der Waals surface area contributed by atoms with Crippen LogP contribution in [0.2, 0.25) is 5.02 Å². The maximum Gasteiger partial charge on any atom is 0.265 e. The highest BCUT2D eigenvalue weighted by Crippen LogP contribution is 2.34. The Balaban J connectivity index is 2.20. The summed E-state index contributed by atoms with van der Waals surface area (Å²) in [5, 5.41) is 3.10. The van der Waals surface area contributed by atoms with Crippen LogP contribution in [0, 0.1) is 0 Å². The summed E-state index contributed by atoms with van der Waals surface area (Å²) in [7, 11) is 0. The van der Waals surface area contributed by atoms with Gasteiger partial charge in [0.1, 0.15) is 12.3 Å². The standard InChI is InChI=1S/C13H13ClN2O3/c1-2-5-15-12(17)7-16-10-6-9(14)3-4-11(10)19-8-13(16)18/h2-4,6H,1,5,7-8H2,(H,15,17). The number of halogens is 1. The van der Waals surface area contributed by atoms with Crippen LogP contribution in [0.1, 0.15) is 0 Å². The van der Waals surface area contributed by atoms with Gasteiger partial charge >= 0.3 is 0 Å². The molecule has 1 aromatic rings. The molecule has 0 atom stereocenters. The Morgan fingerprint density at radius 3 is 3.11 bits per heavy atom. The van der Waals surface area contributed by atoms with Gasteiger partial charge in [0.05, 0.1) is 5.69 Å². The van der Waals surface area contributed by atoms with Crippen molar-refractivity contribution in [3.05, 3.63) is 35.9 Å². The number of carbonyl (C=O) groups is 2. The summed E-state index contributed by atoms with van der Waals surface area (Å²) in [5.41, 5.74) is 0.512. The van der Waals surface area contributed by atoms with Gasteiger partial charge in [-0.1, -0.05) is 17.7 Å². The first-order chi connectivity index (χ1) is 9.11. The number of amides is 2. The number of carbonyl (C=O) groups excluding carboxylic acids is 2. The number of hydrogen-bond donors (Lipinski definition) is 1. The molecule has 5 nitrogen and oxygen atoms in total. The highest BCUT2D eigenvalue weighted by Gasteiger charge is 2.27. The van der Waals surface area contributed by atoms with Gasteiger partial charge in [-0.15, -0.1) is 6.58 Å². The third-order valence-corrected chi connectivity index (χ3v) is 2.84. The highest BCUT2D eigenvalue weighted by molar-refractivity contribution is 6.31. The van der Waals surface area contributed by atoms with Crippen LogP contribution < -0.4 is 15.0 Å². The van der Waals surface area contributed by atoms with Gasteiger partial charge in [-0.3, -0.25) is 14.5 Å². The quantitative estimate of drug-likeness (QED) is 0.848. The second kappa shape index (κ2) is 5.75. The molecule has 2 amide bonds. The number of nitrogens with zero attached hydrogens (tertiary/aromatic N) is 1. The minimum Gasteiger partial charge on any atom is -0.482 e. The van der Waals surface area contributed by atoms with Crippen LogP contribution in [0.15, 0.2) is 30.9 Å². The fraction of sp³-hybridized carbons (Fsp3) is 0.231. The van der Waals surface area contributed by atoms with E-state index in [1.807, 2.05) is 0 Å². The van der Waals surface area contributed by atoms with E-state index in [1.54, 1.807) is 24.3 Å². The molecule has 0 saturated carbocycles. The van der Waals surface area contributed by atoms with Crippen molar-refractivity contribution in [1.82, 2.24) is 5.32 Å². The van der Waals surface area contributed by atoms with E-state index in [2.05, 4.69) is 11.9 Å². The minimum absolute atomic E-state index is 0.0661. The summed E-state index contributed by atoms with van der Waals surface area (Å²) in [6.45, 7) is 3.72. The van der Waals surface area contributed by atoms with Crippen molar-refractivity contribution in [2.24, 2.45) is 0 Å². The van der Waals surface area contributed by atoms with Crippen LogP contribution in [-0.2, 0) is 9.59 Å². The summed E-state index contributed by atoms with van der Waals surface area (Å²) >= 11 is 5.90. The zero-order valence-electron chi connectivity index (χ0n) is 10.2. The van der Waals surface area contributed by atoms with E-state index in [4.69, 9.17) is 16.3 Å². The lowest BCUT2D eigenvalue weighted by Gasteiger charge is -2.28. The summed E-state index contributed by atoms with van der Waals surface area (Å²) in [5.74, 6) is 0.00474. The molecule has 0 aromatic heterocycles. The lowest BCUT2D eigenvalue weighted by molar-refractivity contribution is -0.125. The lowest BCUT2D eigenvalue weighted by atomic mass is 10.2. The van der Waals surface area contributed by atoms with E-state index in [0.29, 0.717) is 23.0 Å². The molecule has 0 unspecified atom stereocenters. The van der Waals surface area contributed by atoms with Crippen molar-refractivity contribution < 1.29 is 14.3 Å². The average molecular weight is 281 g/mol. The summed E-state index contributed by atoms with van der Waals surface area (Å²) in [6, 6.07) is 4.96. The molecule has 2 rings (SSSR count). The van der Waals surface area contributed by atoms with Gasteiger partial charge in [0, 0.05) is 11.6 Å². The van der Waals surface area contributed by atoms with Crippen molar-refractivity contribution >= 4 is 29.1 Å². The van der Waals surface area contributed by atoms with Crippen molar-refractivity contribution in [2.75, 3.05) is 24.6 Å². The molecule has 19 heavy (non-hydrogen) atoms. The molecule has 6 heteroatoms. The van der Waals surface area contributed by atoms with Crippen LogP contribution in [0.5, 0.6) is 5.75 Å². The molecule has 0 bridgehead atoms. The molecular formula is C13H13ClN2O3. The monoisotopic (exact) mass is 280 g/mol. The number of rotatable bonds is 4. The largest absolute Gasteiger partial charge is 0.482 e. The summed E-state index contributed by atoms with van der Waals surface area (Å²) in [4.78, 5) is 24.9. The van der Waals surface area contributed by atoms with Crippen LogP contribution in [-0.4, -0.2) is 31.5 Å². The molecule has 1 heterocycles. The van der Waals surface area contributed by atoms with E-state index in [9.17, 15) is 9.59 Å².